The Kier molecular flexibility index (Phi) is 6.63. The van der Waals surface area contributed by atoms with E-state index in [0.717, 1.165) is 57.9 Å². The van der Waals surface area contributed by atoms with Crippen molar-refractivity contribution >= 4 is 11.6 Å². The third-order valence-electron chi connectivity index (χ3n) is 5.79. The Morgan fingerprint density at radius 2 is 1.77 bits per heavy atom. The first-order valence-electron chi connectivity index (χ1n) is 10.5. The van der Waals surface area contributed by atoms with E-state index in [9.17, 15) is 4.79 Å². The zero-order valence-corrected chi connectivity index (χ0v) is 17.4. The average Bonchev–Trinajstić information content (AvgIpc) is 2.81. The SMILES string of the molecule is COc1ccc(N2CCN(C(=O)CN3CCC(Oc4cnccn4)CC3)CC2)cc1. The quantitative estimate of drug-likeness (QED) is 0.716. The second kappa shape index (κ2) is 9.75. The molecule has 30 heavy (non-hydrogen) atoms. The molecule has 0 unspecified atom stereocenters. The minimum Gasteiger partial charge on any atom is -0.497 e. The van der Waals surface area contributed by atoms with Crippen molar-refractivity contribution in [3.8, 4) is 11.6 Å². The summed E-state index contributed by atoms with van der Waals surface area (Å²) >= 11 is 0. The lowest BCUT2D eigenvalue weighted by Crippen LogP contribution is -2.52. The van der Waals surface area contributed by atoms with Crippen LogP contribution < -0.4 is 14.4 Å². The zero-order chi connectivity index (χ0) is 20.8. The second-order valence-electron chi connectivity index (χ2n) is 7.70. The van der Waals surface area contributed by atoms with Gasteiger partial charge >= 0.3 is 0 Å². The third kappa shape index (κ3) is 5.18. The topological polar surface area (TPSA) is 71.0 Å². The van der Waals surface area contributed by atoms with Gasteiger partial charge in [0.25, 0.3) is 0 Å². The van der Waals surface area contributed by atoms with Crippen LogP contribution >= 0.6 is 0 Å². The number of carbonyl (C=O) groups excluding carboxylic acids is 1. The van der Waals surface area contributed by atoms with Crippen LogP contribution in [0.5, 0.6) is 11.6 Å². The molecular weight excluding hydrogens is 382 g/mol. The number of aromatic nitrogens is 2. The summed E-state index contributed by atoms with van der Waals surface area (Å²) < 4.78 is 11.1. The van der Waals surface area contributed by atoms with Crippen molar-refractivity contribution in [2.24, 2.45) is 0 Å². The number of hydrogen-bond donors (Lipinski definition) is 0. The summed E-state index contributed by atoms with van der Waals surface area (Å²) in [7, 11) is 1.67. The largest absolute Gasteiger partial charge is 0.497 e. The Bertz CT molecular complexity index is 801. The van der Waals surface area contributed by atoms with E-state index in [1.54, 1.807) is 25.7 Å². The van der Waals surface area contributed by atoms with Gasteiger partial charge in [-0.15, -0.1) is 0 Å². The summed E-state index contributed by atoms with van der Waals surface area (Å²) in [5.41, 5.74) is 1.17. The second-order valence-corrected chi connectivity index (χ2v) is 7.70. The molecule has 160 valence electrons. The normalized spacial score (nSPS) is 18.3. The molecule has 2 aromatic rings. The van der Waals surface area contributed by atoms with Crippen LogP contribution in [0.1, 0.15) is 12.8 Å². The molecule has 0 bridgehead atoms. The Morgan fingerprint density at radius 3 is 2.40 bits per heavy atom. The summed E-state index contributed by atoms with van der Waals surface area (Å²) in [6.07, 6.45) is 6.85. The lowest BCUT2D eigenvalue weighted by atomic mass is 10.1. The van der Waals surface area contributed by atoms with E-state index >= 15 is 0 Å². The molecule has 2 aliphatic heterocycles. The standard InChI is InChI=1S/C22H29N5O3/c1-29-19-4-2-18(3-5-19)26-12-14-27(15-13-26)22(28)17-25-10-6-20(7-11-25)30-21-16-23-8-9-24-21/h2-5,8-9,16,20H,6-7,10-15,17H2,1H3. The summed E-state index contributed by atoms with van der Waals surface area (Å²) in [6, 6.07) is 8.10. The number of hydrogen-bond acceptors (Lipinski definition) is 7. The molecule has 0 saturated carbocycles. The first-order chi connectivity index (χ1) is 14.7. The highest BCUT2D eigenvalue weighted by Crippen LogP contribution is 2.21. The van der Waals surface area contributed by atoms with Gasteiger partial charge in [0.05, 0.1) is 19.9 Å². The van der Waals surface area contributed by atoms with Gasteiger partial charge in [0.1, 0.15) is 11.9 Å². The molecule has 8 heteroatoms. The molecular formula is C22H29N5O3. The van der Waals surface area contributed by atoms with Gasteiger partial charge in [0, 0.05) is 57.3 Å². The van der Waals surface area contributed by atoms with E-state index in [4.69, 9.17) is 9.47 Å². The summed E-state index contributed by atoms with van der Waals surface area (Å²) in [5, 5.41) is 0. The van der Waals surface area contributed by atoms with E-state index in [1.807, 2.05) is 17.0 Å². The number of anilines is 1. The molecule has 3 heterocycles. The monoisotopic (exact) mass is 411 g/mol. The Morgan fingerprint density at radius 1 is 1.03 bits per heavy atom. The number of piperidine rings is 1. The number of nitrogens with zero attached hydrogens (tertiary/aromatic N) is 5. The molecule has 1 aromatic carbocycles. The maximum Gasteiger partial charge on any atom is 0.236 e. The van der Waals surface area contributed by atoms with Crippen molar-refractivity contribution in [3.05, 3.63) is 42.9 Å². The van der Waals surface area contributed by atoms with Crippen LogP contribution in [0.2, 0.25) is 0 Å². The van der Waals surface area contributed by atoms with Crippen LogP contribution in [0.3, 0.4) is 0 Å². The van der Waals surface area contributed by atoms with Crippen LogP contribution in [0.25, 0.3) is 0 Å². The first kappa shape index (κ1) is 20.4. The summed E-state index contributed by atoms with van der Waals surface area (Å²) in [6.45, 7) is 5.44. The number of ether oxygens (including phenoxy) is 2. The van der Waals surface area contributed by atoms with Gasteiger partial charge < -0.3 is 19.3 Å². The van der Waals surface area contributed by atoms with Gasteiger partial charge in [-0.05, 0) is 37.1 Å². The number of carbonyl (C=O) groups is 1. The lowest BCUT2D eigenvalue weighted by Gasteiger charge is -2.38. The third-order valence-corrected chi connectivity index (χ3v) is 5.79. The van der Waals surface area contributed by atoms with Gasteiger partial charge in [-0.25, -0.2) is 4.98 Å². The van der Waals surface area contributed by atoms with E-state index in [-0.39, 0.29) is 12.0 Å². The minimum atomic E-state index is 0.140. The molecule has 0 aliphatic carbocycles. The highest BCUT2D eigenvalue weighted by molar-refractivity contribution is 5.78. The zero-order valence-electron chi connectivity index (χ0n) is 17.4. The van der Waals surface area contributed by atoms with Crippen molar-refractivity contribution in [1.29, 1.82) is 0 Å². The van der Waals surface area contributed by atoms with Crippen molar-refractivity contribution in [1.82, 2.24) is 19.8 Å². The smallest absolute Gasteiger partial charge is 0.236 e. The molecule has 0 spiro atoms. The van der Waals surface area contributed by atoms with Crippen LogP contribution in [-0.2, 0) is 4.79 Å². The predicted molar refractivity (Wildman–Crippen MR) is 114 cm³/mol. The lowest BCUT2D eigenvalue weighted by molar-refractivity contribution is -0.133. The highest BCUT2D eigenvalue weighted by Gasteiger charge is 2.26. The number of piperazine rings is 1. The van der Waals surface area contributed by atoms with Crippen molar-refractivity contribution < 1.29 is 14.3 Å². The Labute approximate surface area is 177 Å². The number of rotatable bonds is 6. The van der Waals surface area contributed by atoms with Gasteiger partial charge in [0.15, 0.2) is 0 Å². The highest BCUT2D eigenvalue weighted by atomic mass is 16.5. The van der Waals surface area contributed by atoms with Gasteiger partial charge in [-0.1, -0.05) is 0 Å². The average molecular weight is 412 g/mol. The molecule has 2 aliphatic rings. The predicted octanol–water partition coefficient (Wildman–Crippen LogP) is 1.68. The van der Waals surface area contributed by atoms with E-state index in [0.29, 0.717) is 12.4 Å². The van der Waals surface area contributed by atoms with Crippen molar-refractivity contribution in [2.45, 2.75) is 18.9 Å². The molecule has 0 N–H and O–H groups in total. The first-order valence-corrected chi connectivity index (χ1v) is 10.5. The molecule has 2 fully saturated rings. The number of amides is 1. The van der Waals surface area contributed by atoms with Crippen LogP contribution in [0.15, 0.2) is 42.9 Å². The fourth-order valence-electron chi connectivity index (χ4n) is 4.00. The molecule has 2 saturated heterocycles. The van der Waals surface area contributed by atoms with E-state index in [2.05, 4.69) is 31.9 Å². The maximum atomic E-state index is 12.8. The molecule has 1 aromatic heterocycles. The molecule has 8 nitrogen and oxygen atoms in total. The fourth-order valence-corrected chi connectivity index (χ4v) is 4.00. The maximum absolute atomic E-state index is 12.8. The minimum absolute atomic E-state index is 0.140. The molecule has 0 radical (unpaired) electrons. The number of benzene rings is 1. The Balaban J connectivity index is 1.19. The fraction of sp³-hybridized carbons (Fsp3) is 0.500. The molecule has 4 rings (SSSR count). The number of likely N-dealkylation sites (tertiary alicyclic amines) is 1. The molecule has 0 atom stereocenters. The van der Waals surface area contributed by atoms with Gasteiger partial charge in [0.2, 0.25) is 11.8 Å². The van der Waals surface area contributed by atoms with Crippen molar-refractivity contribution in [3.63, 3.8) is 0 Å². The summed E-state index contributed by atoms with van der Waals surface area (Å²) in [5.74, 6) is 1.65. The van der Waals surface area contributed by atoms with Crippen LogP contribution in [-0.4, -0.2) is 84.7 Å². The van der Waals surface area contributed by atoms with Gasteiger partial charge in [-0.3, -0.25) is 14.7 Å². The van der Waals surface area contributed by atoms with Crippen LogP contribution in [0, 0.1) is 0 Å². The van der Waals surface area contributed by atoms with Crippen molar-refractivity contribution in [2.75, 3.05) is 57.8 Å². The van der Waals surface area contributed by atoms with Gasteiger partial charge in [-0.2, -0.15) is 0 Å². The van der Waals surface area contributed by atoms with E-state index < -0.39 is 0 Å². The Hall–Kier alpha value is -2.87. The number of methoxy groups -OCH3 is 1. The van der Waals surface area contributed by atoms with Crippen LogP contribution in [0.4, 0.5) is 5.69 Å². The molecule has 1 amide bonds. The van der Waals surface area contributed by atoms with E-state index in [1.165, 1.54) is 5.69 Å². The summed E-state index contributed by atoms with van der Waals surface area (Å²) in [4.78, 5) is 27.5.